The maximum absolute atomic E-state index is 9.10. The van der Waals surface area contributed by atoms with Gasteiger partial charge in [-0.15, -0.1) is 11.3 Å². The van der Waals surface area contributed by atoms with Gasteiger partial charge in [0.25, 0.3) is 0 Å². The van der Waals surface area contributed by atoms with Crippen molar-refractivity contribution in [2.45, 2.75) is 20.1 Å². The van der Waals surface area contributed by atoms with Crippen LogP contribution in [-0.2, 0) is 13.2 Å². The molecule has 2 nitrogen and oxygen atoms in total. The Hall–Kier alpha value is -1.03. The predicted molar refractivity (Wildman–Crippen MR) is 78.5 cm³/mol. The van der Waals surface area contributed by atoms with Crippen molar-refractivity contribution in [2.24, 2.45) is 0 Å². The molecular weight excluding hydrogens is 266 g/mol. The molecule has 4 heteroatoms. The highest BCUT2D eigenvalue weighted by atomic mass is 35.5. The molecule has 2 rings (SSSR count). The standard InChI is InChI=1S/C14H16ClNOS/c1-10-7-11(9-17)3-5-13(10)16(2)8-12-4-6-14(15)18-12/h3-7,17H,8-9H2,1-2H3. The van der Waals surface area contributed by atoms with Crippen molar-refractivity contribution in [2.75, 3.05) is 11.9 Å². The molecule has 1 N–H and O–H groups in total. The van der Waals surface area contributed by atoms with E-state index in [9.17, 15) is 0 Å². The van der Waals surface area contributed by atoms with Gasteiger partial charge in [0, 0.05) is 17.6 Å². The first-order valence-corrected chi connectivity index (χ1v) is 6.95. The van der Waals surface area contributed by atoms with Crippen LogP contribution in [0.25, 0.3) is 0 Å². The molecule has 0 saturated carbocycles. The second kappa shape index (κ2) is 5.74. The van der Waals surface area contributed by atoms with Crippen LogP contribution in [0.3, 0.4) is 0 Å². The number of anilines is 1. The summed E-state index contributed by atoms with van der Waals surface area (Å²) in [5.41, 5.74) is 3.30. The van der Waals surface area contributed by atoms with Crippen LogP contribution in [0.1, 0.15) is 16.0 Å². The monoisotopic (exact) mass is 281 g/mol. The summed E-state index contributed by atoms with van der Waals surface area (Å²) < 4.78 is 0.825. The first kappa shape index (κ1) is 13.4. The van der Waals surface area contributed by atoms with Gasteiger partial charge in [-0.2, -0.15) is 0 Å². The van der Waals surface area contributed by atoms with Gasteiger partial charge in [0.15, 0.2) is 0 Å². The molecule has 0 aliphatic heterocycles. The highest BCUT2D eigenvalue weighted by Crippen LogP contribution is 2.26. The fourth-order valence-electron chi connectivity index (χ4n) is 2.00. The molecule has 0 aliphatic carbocycles. The quantitative estimate of drug-likeness (QED) is 0.920. The number of thiophene rings is 1. The van der Waals surface area contributed by atoms with Crippen molar-refractivity contribution in [1.82, 2.24) is 0 Å². The zero-order valence-electron chi connectivity index (χ0n) is 10.5. The Balaban J connectivity index is 2.15. The zero-order chi connectivity index (χ0) is 13.1. The summed E-state index contributed by atoms with van der Waals surface area (Å²) >= 11 is 7.54. The Bertz CT molecular complexity index is 538. The van der Waals surface area contributed by atoms with Crippen LogP contribution in [0.15, 0.2) is 30.3 Å². The summed E-state index contributed by atoms with van der Waals surface area (Å²) in [6.45, 7) is 2.99. The van der Waals surface area contributed by atoms with Crippen molar-refractivity contribution in [1.29, 1.82) is 0 Å². The Morgan fingerprint density at radius 3 is 2.61 bits per heavy atom. The molecule has 96 valence electrons. The molecular formula is C14H16ClNOS. The number of aliphatic hydroxyl groups excluding tert-OH is 1. The smallest absolute Gasteiger partial charge is 0.0931 e. The van der Waals surface area contributed by atoms with Gasteiger partial charge in [0.2, 0.25) is 0 Å². The van der Waals surface area contributed by atoms with Crippen LogP contribution in [0.4, 0.5) is 5.69 Å². The van der Waals surface area contributed by atoms with Crippen LogP contribution in [-0.4, -0.2) is 12.2 Å². The van der Waals surface area contributed by atoms with Gasteiger partial charge in [-0.25, -0.2) is 0 Å². The molecule has 0 unspecified atom stereocenters. The highest BCUT2D eigenvalue weighted by molar-refractivity contribution is 7.16. The van der Waals surface area contributed by atoms with Crippen LogP contribution >= 0.6 is 22.9 Å². The fraction of sp³-hybridized carbons (Fsp3) is 0.286. The maximum Gasteiger partial charge on any atom is 0.0931 e. The average molecular weight is 282 g/mol. The van der Waals surface area contributed by atoms with Crippen LogP contribution in [0.5, 0.6) is 0 Å². The third-order valence-electron chi connectivity index (χ3n) is 2.88. The normalized spacial score (nSPS) is 10.7. The topological polar surface area (TPSA) is 23.5 Å². The highest BCUT2D eigenvalue weighted by Gasteiger charge is 2.07. The lowest BCUT2D eigenvalue weighted by Crippen LogP contribution is -2.16. The summed E-state index contributed by atoms with van der Waals surface area (Å²) in [5, 5.41) is 9.10. The summed E-state index contributed by atoms with van der Waals surface area (Å²) in [5.74, 6) is 0. The van der Waals surface area contributed by atoms with E-state index >= 15 is 0 Å². The molecule has 0 fully saturated rings. The van der Waals surface area contributed by atoms with Crippen molar-refractivity contribution in [3.8, 4) is 0 Å². The van der Waals surface area contributed by atoms with Gasteiger partial charge < -0.3 is 10.0 Å². The Morgan fingerprint density at radius 2 is 2.06 bits per heavy atom. The molecule has 0 spiro atoms. The van der Waals surface area contributed by atoms with Crippen molar-refractivity contribution < 1.29 is 5.11 Å². The number of rotatable bonds is 4. The van der Waals surface area contributed by atoms with E-state index < -0.39 is 0 Å². The summed E-state index contributed by atoms with van der Waals surface area (Å²) in [7, 11) is 2.06. The average Bonchev–Trinajstić information content (AvgIpc) is 2.74. The minimum absolute atomic E-state index is 0.0887. The van der Waals surface area contributed by atoms with Crippen molar-refractivity contribution in [3.63, 3.8) is 0 Å². The molecule has 1 heterocycles. The van der Waals surface area contributed by atoms with E-state index in [-0.39, 0.29) is 6.61 Å². The van der Waals surface area contributed by atoms with Gasteiger partial charge >= 0.3 is 0 Å². The zero-order valence-corrected chi connectivity index (χ0v) is 12.1. The van der Waals surface area contributed by atoms with Crippen molar-refractivity contribution in [3.05, 3.63) is 50.7 Å². The Morgan fingerprint density at radius 1 is 1.28 bits per heavy atom. The number of benzene rings is 1. The SMILES string of the molecule is Cc1cc(CO)ccc1N(C)Cc1ccc(Cl)s1. The van der Waals surface area contributed by atoms with Gasteiger partial charge in [-0.1, -0.05) is 23.7 Å². The lowest BCUT2D eigenvalue weighted by atomic mass is 10.1. The van der Waals surface area contributed by atoms with E-state index in [1.807, 2.05) is 18.2 Å². The Labute approximate surface area is 116 Å². The van der Waals surface area contributed by atoms with Gasteiger partial charge in [-0.3, -0.25) is 0 Å². The molecule has 0 saturated heterocycles. The molecule has 1 aromatic heterocycles. The number of nitrogens with zero attached hydrogens (tertiary/aromatic N) is 1. The van der Waals surface area contributed by atoms with Crippen LogP contribution in [0.2, 0.25) is 4.34 Å². The maximum atomic E-state index is 9.10. The molecule has 0 radical (unpaired) electrons. The summed E-state index contributed by atoms with van der Waals surface area (Å²) in [6.07, 6.45) is 0. The first-order valence-electron chi connectivity index (χ1n) is 5.76. The first-order chi connectivity index (χ1) is 8.60. The molecule has 1 aromatic carbocycles. The van der Waals surface area contributed by atoms with Gasteiger partial charge in [0.05, 0.1) is 17.5 Å². The molecule has 2 aromatic rings. The van der Waals surface area contributed by atoms with E-state index in [1.54, 1.807) is 11.3 Å². The summed E-state index contributed by atoms with van der Waals surface area (Å²) in [4.78, 5) is 3.44. The number of hydrogen-bond donors (Lipinski definition) is 1. The lowest BCUT2D eigenvalue weighted by Gasteiger charge is -2.21. The van der Waals surface area contributed by atoms with E-state index in [0.717, 1.165) is 16.4 Å². The van der Waals surface area contributed by atoms with E-state index in [0.29, 0.717) is 0 Å². The van der Waals surface area contributed by atoms with Gasteiger partial charge in [-0.05, 0) is 36.2 Å². The molecule has 0 bridgehead atoms. The molecule has 0 aliphatic rings. The van der Waals surface area contributed by atoms with Gasteiger partial charge in [0.1, 0.15) is 0 Å². The second-order valence-electron chi connectivity index (χ2n) is 4.34. The van der Waals surface area contributed by atoms with Crippen LogP contribution < -0.4 is 4.90 Å². The van der Waals surface area contributed by atoms with E-state index in [4.69, 9.17) is 16.7 Å². The molecule has 0 atom stereocenters. The third-order valence-corrected chi connectivity index (χ3v) is 4.09. The van der Waals surface area contributed by atoms with E-state index in [1.165, 1.54) is 16.1 Å². The predicted octanol–water partition coefficient (Wildman–Crippen LogP) is 3.84. The second-order valence-corrected chi connectivity index (χ2v) is 6.14. The fourth-order valence-corrected chi connectivity index (χ4v) is 3.14. The lowest BCUT2D eigenvalue weighted by molar-refractivity contribution is 0.282. The third kappa shape index (κ3) is 3.05. The number of hydrogen-bond acceptors (Lipinski definition) is 3. The number of halogens is 1. The number of aliphatic hydroxyl groups is 1. The van der Waals surface area contributed by atoms with Crippen LogP contribution in [0, 0.1) is 6.92 Å². The molecule has 0 amide bonds. The molecule has 18 heavy (non-hydrogen) atoms. The summed E-state index contributed by atoms with van der Waals surface area (Å²) in [6, 6.07) is 10.0. The van der Waals surface area contributed by atoms with Crippen molar-refractivity contribution >= 4 is 28.6 Å². The number of aryl methyl sites for hydroxylation is 1. The Kier molecular flexibility index (Phi) is 4.27. The largest absolute Gasteiger partial charge is 0.392 e. The van der Waals surface area contributed by atoms with E-state index in [2.05, 4.69) is 31.0 Å². The minimum atomic E-state index is 0.0887. The minimum Gasteiger partial charge on any atom is -0.392 e.